The Kier molecular flexibility index (Phi) is 2.85. The lowest BCUT2D eigenvalue weighted by Gasteiger charge is -2.01. The van der Waals surface area contributed by atoms with Crippen molar-refractivity contribution in [2.24, 2.45) is 0 Å². The predicted octanol–water partition coefficient (Wildman–Crippen LogP) is 3.95. The minimum Gasteiger partial charge on any atom is -0.458 e. The number of hydrogen-bond acceptors (Lipinski definition) is 2. The molecule has 0 saturated carbocycles. The normalized spacial score (nSPS) is 13.3. The van der Waals surface area contributed by atoms with Gasteiger partial charge in [0, 0.05) is 9.86 Å². The fourth-order valence-electron chi connectivity index (χ4n) is 1.61. The van der Waals surface area contributed by atoms with Crippen molar-refractivity contribution >= 4 is 26.9 Å². The number of aliphatic hydroxyl groups is 1. The summed E-state index contributed by atoms with van der Waals surface area (Å²) in [4.78, 5) is 0. The number of aryl methyl sites for hydroxylation is 1. The first kappa shape index (κ1) is 10.7. The molecule has 0 fully saturated rings. The molecular weight excluding hydrogens is 256 g/mol. The van der Waals surface area contributed by atoms with Crippen LogP contribution in [0.2, 0.25) is 0 Å². The minimum absolute atomic E-state index is 0.510. The van der Waals surface area contributed by atoms with Gasteiger partial charge in [-0.3, -0.25) is 0 Å². The summed E-state index contributed by atoms with van der Waals surface area (Å²) in [7, 11) is 0. The second kappa shape index (κ2) is 3.99. The van der Waals surface area contributed by atoms with Gasteiger partial charge >= 0.3 is 0 Å². The van der Waals surface area contributed by atoms with E-state index in [2.05, 4.69) is 15.9 Å². The molecule has 1 N–H and O–H groups in total. The largest absolute Gasteiger partial charge is 0.458 e. The van der Waals surface area contributed by atoms with E-state index in [0.29, 0.717) is 12.2 Å². The molecule has 2 nitrogen and oxygen atoms in total. The number of hydrogen-bond donors (Lipinski definition) is 1. The average Bonchev–Trinajstić information content (AvgIpc) is 2.68. The molecule has 0 spiro atoms. The zero-order valence-corrected chi connectivity index (χ0v) is 10.3. The maximum atomic E-state index is 9.70. The van der Waals surface area contributed by atoms with Crippen LogP contribution in [0.1, 0.15) is 30.8 Å². The van der Waals surface area contributed by atoms with Gasteiger partial charge < -0.3 is 9.52 Å². The minimum atomic E-state index is -0.510. The second-order valence-corrected chi connectivity index (χ2v) is 4.53. The molecule has 15 heavy (non-hydrogen) atoms. The molecule has 0 aliphatic carbocycles. The van der Waals surface area contributed by atoms with Gasteiger partial charge in [-0.2, -0.15) is 0 Å². The van der Waals surface area contributed by atoms with Crippen molar-refractivity contribution in [1.29, 1.82) is 0 Å². The van der Waals surface area contributed by atoms with Gasteiger partial charge in [-0.25, -0.2) is 0 Å². The third-order valence-corrected chi connectivity index (χ3v) is 3.25. The standard InChI is InChI=1S/C12H13BrO2/c1-3-10(14)11-6-8-9(13)5-4-7(2)12(8)15-11/h4-6,10,14H,3H2,1-2H3. The Hall–Kier alpha value is -0.800. The smallest absolute Gasteiger partial charge is 0.138 e. The monoisotopic (exact) mass is 268 g/mol. The van der Waals surface area contributed by atoms with Gasteiger partial charge in [0.1, 0.15) is 17.4 Å². The van der Waals surface area contributed by atoms with Crippen LogP contribution in [-0.4, -0.2) is 5.11 Å². The highest BCUT2D eigenvalue weighted by Gasteiger charge is 2.13. The quantitative estimate of drug-likeness (QED) is 0.895. The van der Waals surface area contributed by atoms with Gasteiger partial charge in [0.05, 0.1) is 0 Å². The molecule has 3 heteroatoms. The SMILES string of the molecule is CCC(O)c1cc2c(Br)ccc(C)c2o1. The molecule has 0 bridgehead atoms. The summed E-state index contributed by atoms with van der Waals surface area (Å²) in [6.07, 6.45) is 0.153. The summed E-state index contributed by atoms with van der Waals surface area (Å²) in [6.45, 7) is 3.93. The molecule has 2 rings (SSSR count). The maximum absolute atomic E-state index is 9.70. The topological polar surface area (TPSA) is 33.4 Å². The van der Waals surface area contributed by atoms with Crippen LogP contribution in [-0.2, 0) is 0 Å². The molecule has 1 atom stereocenters. The molecule has 1 heterocycles. The van der Waals surface area contributed by atoms with Crippen LogP contribution in [0.25, 0.3) is 11.0 Å². The fraction of sp³-hybridized carbons (Fsp3) is 0.333. The van der Waals surface area contributed by atoms with E-state index in [1.54, 1.807) is 0 Å². The van der Waals surface area contributed by atoms with Crippen LogP contribution in [0.4, 0.5) is 0 Å². The number of benzene rings is 1. The van der Waals surface area contributed by atoms with Gasteiger partial charge in [0.2, 0.25) is 0 Å². The van der Waals surface area contributed by atoms with Crippen molar-refractivity contribution in [1.82, 2.24) is 0 Å². The Labute approximate surface area is 97.0 Å². The summed E-state index contributed by atoms with van der Waals surface area (Å²) in [5, 5.41) is 10.7. The van der Waals surface area contributed by atoms with Gasteiger partial charge in [-0.05, 0) is 31.0 Å². The molecule has 1 unspecified atom stereocenters. The fourth-order valence-corrected chi connectivity index (χ4v) is 2.04. The third kappa shape index (κ3) is 1.82. The molecule has 2 aromatic rings. The van der Waals surface area contributed by atoms with Crippen LogP contribution in [0, 0.1) is 6.92 Å². The predicted molar refractivity (Wildman–Crippen MR) is 63.9 cm³/mol. The molecule has 0 aliphatic rings. The summed E-state index contributed by atoms with van der Waals surface area (Å²) in [6, 6.07) is 5.90. The molecule has 1 aromatic carbocycles. The average molecular weight is 269 g/mol. The molecule has 1 aromatic heterocycles. The first-order chi connectivity index (χ1) is 7.13. The lowest BCUT2D eigenvalue weighted by molar-refractivity contribution is 0.148. The van der Waals surface area contributed by atoms with Gasteiger partial charge in [0.15, 0.2) is 0 Å². The third-order valence-electron chi connectivity index (χ3n) is 2.56. The van der Waals surface area contributed by atoms with Crippen molar-refractivity contribution in [3.05, 3.63) is 34.0 Å². The number of halogens is 1. The Morgan fingerprint density at radius 3 is 2.80 bits per heavy atom. The van der Waals surface area contributed by atoms with Crippen LogP contribution in [0.15, 0.2) is 27.1 Å². The van der Waals surface area contributed by atoms with Gasteiger partial charge in [-0.1, -0.05) is 28.9 Å². The molecule has 80 valence electrons. The van der Waals surface area contributed by atoms with E-state index in [9.17, 15) is 5.11 Å². The van der Waals surface area contributed by atoms with E-state index < -0.39 is 6.10 Å². The zero-order valence-electron chi connectivity index (χ0n) is 8.75. The Balaban J connectivity index is 2.64. The van der Waals surface area contributed by atoms with Crippen molar-refractivity contribution < 1.29 is 9.52 Å². The maximum Gasteiger partial charge on any atom is 0.138 e. The second-order valence-electron chi connectivity index (χ2n) is 3.68. The lowest BCUT2D eigenvalue weighted by Crippen LogP contribution is -1.91. The van der Waals surface area contributed by atoms with Gasteiger partial charge in [-0.15, -0.1) is 0 Å². The first-order valence-corrected chi connectivity index (χ1v) is 5.79. The Bertz CT molecular complexity index is 449. The van der Waals surface area contributed by atoms with E-state index in [-0.39, 0.29) is 0 Å². The Morgan fingerprint density at radius 1 is 1.47 bits per heavy atom. The molecule has 0 radical (unpaired) electrons. The van der Waals surface area contributed by atoms with E-state index in [1.807, 2.05) is 32.0 Å². The summed E-state index contributed by atoms with van der Waals surface area (Å²) in [5.74, 6) is 0.641. The molecule has 0 amide bonds. The van der Waals surface area contributed by atoms with E-state index in [0.717, 1.165) is 21.0 Å². The summed E-state index contributed by atoms with van der Waals surface area (Å²) >= 11 is 3.47. The summed E-state index contributed by atoms with van der Waals surface area (Å²) < 4.78 is 6.65. The number of aliphatic hydroxyl groups excluding tert-OH is 1. The highest BCUT2D eigenvalue weighted by molar-refractivity contribution is 9.10. The van der Waals surface area contributed by atoms with Crippen molar-refractivity contribution in [3.63, 3.8) is 0 Å². The number of fused-ring (bicyclic) bond motifs is 1. The zero-order chi connectivity index (χ0) is 11.0. The molecular formula is C12H13BrO2. The number of furan rings is 1. The van der Waals surface area contributed by atoms with Crippen molar-refractivity contribution in [2.45, 2.75) is 26.4 Å². The summed E-state index contributed by atoms with van der Waals surface area (Å²) in [5.41, 5.74) is 1.94. The number of rotatable bonds is 2. The highest BCUT2D eigenvalue weighted by atomic mass is 79.9. The van der Waals surface area contributed by atoms with Crippen LogP contribution in [0.5, 0.6) is 0 Å². The highest BCUT2D eigenvalue weighted by Crippen LogP contribution is 2.32. The van der Waals surface area contributed by atoms with E-state index in [4.69, 9.17) is 4.42 Å². The molecule has 0 saturated heterocycles. The Morgan fingerprint density at radius 2 is 2.20 bits per heavy atom. The van der Waals surface area contributed by atoms with Crippen LogP contribution >= 0.6 is 15.9 Å². The first-order valence-electron chi connectivity index (χ1n) is 5.00. The van der Waals surface area contributed by atoms with E-state index in [1.165, 1.54) is 0 Å². The van der Waals surface area contributed by atoms with E-state index >= 15 is 0 Å². The molecule has 0 aliphatic heterocycles. The van der Waals surface area contributed by atoms with Crippen molar-refractivity contribution in [2.75, 3.05) is 0 Å². The van der Waals surface area contributed by atoms with Crippen LogP contribution in [0.3, 0.4) is 0 Å². The lowest BCUT2D eigenvalue weighted by atomic mass is 10.1. The van der Waals surface area contributed by atoms with Crippen molar-refractivity contribution in [3.8, 4) is 0 Å². The van der Waals surface area contributed by atoms with Crippen LogP contribution < -0.4 is 0 Å². The van der Waals surface area contributed by atoms with Gasteiger partial charge in [0.25, 0.3) is 0 Å².